The fourth-order valence-electron chi connectivity index (χ4n) is 3.09. The van der Waals surface area contributed by atoms with Crippen LogP contribution in [0.2, 0.25) is 0 Å². The second-order valence-electron chi connectivity index (χ2n) is 6.48. The number of fused-ring (bicyclic) bond motifs is 1. The highest BCUT2D eigenvalue weighted by molar-refractivity contribution is 7.99. The Morgan fingerprint density at radius 1 is 0.964 bits per heavy atom. The van der Waals surface area contributed by atoms with Crippen molar-refractivity contribution in [3.8, 4) is 0 Å². The van der Waals surface area contributed by atoms with E-state index in [0.717, 1.165) is 15.0 Å². The quantitative estimate of drug-likeness (QED) is 0.537. The standard InChI is InChI=1S/C20H19N5O2S/c1-23-17-16(18(26)24(2)20(23)27)25(12-13-8-4-3-5-9-13)19(22-17)28-15-11-7-6-10-14(15)21/h3-11H,12,21H2,1-2H3. The summed E-state index contributed by atoms with van der Waals surface area (Å²) in [6.07, 6.45) is 0. The second-order valence-corrected chi connectivity index (χ2v) is 7.49. The van der Waals surface area contributed by atoms with Gasteiger partial charge in [-0.05, 0) is 29.5 Å². The van der Waals surface area contributed by atoms with Gasteiger partial charge in [0, 0.05) is 24.7 Å². The van der Waals surface area contributed by atoms with Crippen LogP contribution in [0.1, 0.15) is 5.56 Å². The Balaban J connectivity index is 1.98. The topological polar surface area (TPSA) is 87.8 Å². The Morgan fingerprint density at radius 3 is 2.36 bits per heavy atom. The van der Waals surface area contributed by atoms with Crippen molar-refractivity contribution < 1.29 is 0 Å². The predicted octanol–water partition coefficient (Wildman–Crippen LogP) is 2.22. The lowest BCUT2D eigenvalue weighted by atomic mass is 10.2. The molecule has 0 unspecified atom stereocenters. The molecular weight excluding hydrogens is 374 g/mol. The molecule has 0 aliphatic heterocycles. The number of aryl methyl sites for hydroxylation is 1. The van der Waals surface area contributed by atoms with Gasteiger partial charge in [0.05, 0.1) is 6.54 Å². The van der Waals surface area contributed by atoms with Crippen LogP contribution in [0.15, 0.2) is 74.2 Å². The zero-order valence-corrected chi connectivity index (χ0v) is 16.3. The molecule has 0 saturated carbocycles. The minimum atomic E-state index is -0.405. The lowest BCUT2D eigenvalue weighted by Gasteiger charge is -2.10. The molecule has 4 aromatic rings. The largest absolute Gasteiger partial charge is 0.398 e. The van der Waals surface area contributed by atoms with Gasteiger partial charge in [0.15, 0.2) is 16.3 Å². The SMILES string of the molecule is Cn1c(=O)c2c(nc(Sc3ccccc3N)n2Cc2ccccc2)n(C)c1=O. The summed E-state index contributed by atoms with van der Waals surface area (Å²) in [6.45, 7) is 0.458. The van der Waals surface area contributed by atoms with Crippen molar-refractivity contribution >= 4 is 28.6 Å². The van der Waals surface area contributed by atoms with E-state index in [0.29, 0.717) is 28.6 Å². The Kier molecular flexibility index (Phi) is 4.56. The molecule has 8 heteroatoms. The van der Waals surface area contributed by atoms with Gasteiger partial charge in [0.1, 0.15) is 0 Å². The van der Waals surface area contributed by atoms with Gasteiger partial charge in [-0.15, -0.1) is 0 Å². The number of benzene rings is 2. The van der Waals surface area contributed by atoms with E-state index in [4.69, 9.17) is 5.73 Å². The molecule has 2 N–H and O–H groups in total. The molecule has 0 amide bonds. The highest BCUT2D eigenvalue weighted by Crippen LogP contribution is 2.33. The van der Waals surface area contributed by atoms with Crippen molar-refractivity contribution in [3.63, 3.8) is 0 Å². The number of imidazole rings is 1. The molecule has 0 saturated heterocycles. The number of nitrogens with two attached hydrogens (primary N) is 1. The molecule has 4 rings (SSSR count). The summed E-state index contributed by atoms with van der Waals surface area (Å²) in [7, 11) is 3.10. The minimum absolute atomic E-state index is 0.362. The zero-order chi connectivity index (χ0) is 19.8. The van der Waals surface area contributed by atoms with Crippen molar-refractivity contribution in [3.05, 3.63) is 81.0 Å². The highest BCUT2D eigenvalue weighted by atomic mass is 32.2. The molecule has 2 heterocycles. The van der Waals surface area contributed by atoms with Crippen LogP contribution in [-0.4, -0.2) is 18.7 Å². The highest BCUT2D eigenvalue weighted by Gasteiger charge is 2.20. The van der Waals surface area contributed by atoms with Gasteiger partial charge >= 0.3 is 5.69 Å². The van der Waals surface area contributed by atoms with Crippen molar-refractivity contribution in [1.29, 1.82) is 0 Å². The number of aromatic nitrogens is 4. The summed E-state index contributed by atoms with van der Waals surface area (Å²) in [4.78, 5) is 30.7. The Morgan fingerprint density at radius 2 is 1.64 bits per heavy atom. The normalized spacial score (nSPS) is 11.2. The maximum atomic E-state index is 12.9. The summed E-state index contributed by atoms with van der Waals surface area (Å²) >= 11 is 1.38. The first-order valence-corrected chi connectivity index (χ1v) is 9.51. The molecule has 0 fully saturated rings. The predicted molar refractivity (Wildman–Crippen MR) is 111 cm³/mol. The van der Waals surface area contributed by atoms with Gasteiger partial charge in [-0.3, -0.25) is 13.9 Å². The van der Waals surface area contributed by atoms with Crippen LogP contribution < -0.4 is 17.0 Å². The number of hydrogen-bond donors (Lipinski definition) is 1. The Bertz CT molecular complexity index is 1290. The van der Waals surface area contributed by atoms with Crippen LogP contribution in [0, 0.1) is 0 Å². The summed E-state index contributed by atoms with van der Waals surface area (Å²) in [5.74, 6) is 0. The molecule has 2 aromatic carbocycles. The number of anilines is 1. The molecule has 0 aliphatic rings. The van der Waals surface area contributed by atoms with Crippen molar-refractivity contribution in [1.82, 2.24) is 18.7 Å². The van der Waals surface area contributed by atoms with Crippen molar-refractivity contribution in [2.24, 2.45) is 14.1 Å². The first kappa shape index (κ1) is 18.1. The molecule has 0 bridgehead atoms. The molecular formula is C20H19N5O2S. The van der Waals surface area contributed by atoms with E-state index in [1.54, 1.807) is 7.05 Å². The fraction of sp³-hybridized carbons (Fsp3) is 0.150. The van der Waals surface area contributed by atoms with Crippen molar-refractivity contribution in [2.45, 2.75) is 16.6 Å². The first-order valence-electron chi connectivity index (χ1n) is 8.70. The second kappa shape index (κ2) is 7.05. The summed E-state index contributed by atoms with van der Waals surface area (Å²) in [5.41, 5.74) is 7.74. The Labute approximate surface area is 165 Å². The summed E-state index contributed by atoms with van der Waals surface area (Å²) in [6, 6.07) is 17.3. The molecule has 0 radical (unpaired) electrons. The lowest BCUT2D eigenvalue weighted by molar-refractivity contribution is 0.696. The third-order valence-electron chi connectivity index (χ3n) is 4.62. The number of nitrogens with zero attached hydrogens (tertiary/aromatic N) is 4. The van der Waals surface area contributed by atoms with Crippen molar-refractivity contribution in [2.75, 3.05) is 5.73 Å². The maximum absolute atomic E-state index is 12.9. The minimum Gasteiger partial charge on any atom is -0.398 e. The van der Waals surface area contributed by atoms with Gasteiger partial charge in [0.2, 0.25) is 0 Å². The van der Waals surface area contributed by atoms with Gasteiger partial charge in [0.25, 0.3) is 5.56 Å². The van der Waals surface area contributed by atoms with Gasteiger partial charge in [-0.25, -0.2) is 9.78 Å². The van der Waals surface area contributed by atoms with Crippen LogP contribution in [0.25, 0.3) is 11.2 Å². The third kappa shape index (κ3) is 3.01. The summed E-state index contributed by atoms with van der Waals surface area (Å²) in [5, 5.41) is 0.607. The van der Waals surface area contributed by atoms with Crippen LogP contribution >= 0.6 is 11.8 Å². The van der Waals surface area contributed by atoms with E-state index >= 15 is 0 Å². The molecule has 0 aliphatic carbocycles. The van der Waals surface area contributed by atoms with Gasteiger partial charge in [-0.1, -0.05) is 42.5 Å². The molecule has 0 atom stereocenters. The van der Waals surface area contributed by atoms with E-state index in [1.807, 2.05) is 59.2 Å². The van der Waals surface area contributed by atoms with Crippen LogP contribution in [0.5, 0.6) is 0 Å². The Hall–Kier alpha value is -3.26. The zero-order valence-electron chi connectivity index (χ0n) is 15.5. The lowest BCUT2D eigenvalue weighted by Crippen LogP contribution is -2.37. The summed E-state index contributed by atoms with van der Waals surface area (Å²) < 4.78 is 4.36. The number of hydrogen-bond acceptors (Lipinski definition) is 5. The van der Waals surface area contributed by atoms with E-state index in [-0.39, 0.29) is 5.56 Å². The molecule has 28 heavy (non-hydrogen) atoms. The number of para-hydroxylation sites is 1. The van der Waals surface area contributed by atoms with E-state index in [9.17, 15) is 9.59 Å². The van der Waals surface area contributed by atoms with Gasteiger partial charge in [-0.2, -0.15) is 0 Å². The number of nitrogen functional groups attached to an aromatic ring is 1. The monoisotopic (exact) mass is 393 g/mol. The molecule has 142 valence electrons. The molecule has 7 nitrogen and oxygen atoms in total. The maximum Gasteiger partial charge on any atom is 0.332 e. The van der Waals surface area contributed by atoms with Crippen LogP contribution in [0.3, 0.4) is 0 Å². The first-order chi connectivity index (χ1) is 13.5. The average Bonchev–Trinajstić information content (AvgIpc) is 3.05. The van der Waals surface area contributed by atoms with Crippen LogP contribution in [-0.2, 0) is 20.6 Å². The molecule has 2 aromatic heterocycles. The van der Waals surface area contributed by atoms with E-state index in [1.165, 1.54) is 23.4 Å². The van der Waals surface area contributed by atoms with Gasteiger partial charge < -0.3 is 10.3 Å². The third-order valence-corrected chi connectivity index (χ3v) is 5.70. The van der Waals surface area contributed by atoms with Crippen LogP contribution in [0.4, 0.5) is 5.69 Å². The smallest absolute Gasteiger partial charge is 0.332 e. The number of rotatable bonds is 4. The molecule has 0 spiro atoms. The average molecular weight is 393 g/mol. The van der Waals surface area contributed by atoms with E-state index < -0.39 is 5.69 Å². The fourth-order valence-corrected chi connectivity index (χ4v) is 4.02. The van der Waals surface area contributed by atoms with E-state index in [2.05, 4.69) is 4.98 Å².